The summed E-state index contributed by atoms with van der Waals surface area (Å²) in [6, 6.07) is 14.0. The zero-order chi connectivity index (χ0) is 20.1. The number of hydrogen-bond donors (Lipinski definition) is 0. The molecule has 4 rings (SSSR count). The van der Waals surface area contributed by atoms with Crippen LogP contribution in [0.25, 0.3) is 10.6 Å². The van der Waals surface area contributed by atoms with Crippen molar-refractivity contribution in [3.05, 3.63) is 75.8 Å². The van der Waals surface area contributed by atoms with Gasteiger partial charge in [0.05, 0.1) is 38.3 Å². The van der Waals surface area contributed by atoms with Crippen molar-refractivity contribution in [2.45, 2.75) is 19.6 Å². The first-order valence-corrected chi connectivity index (χ1v) is 10.9. The Morgan fingerprint density at radius 2 is 1.93 bits per heavy atom. The molecule has 0 saturated carbocycles. The number of ether oxygens (including phenoxy) is 2. The van der Waals surface area contributed by atoms with E-state index >= 15 is 0 Å². The summed E-state index contributed by atoms with van der Waals surface area (Å²) in [5.41, 5.74) is 2.01. The highest BCUT2D eigenvalue weighted by atomic mass is 32.1. The fourth-order valence-electron chi connectivity index (χ4n) is 3.12. The number of nitrogens with zero attached hydrogens (tertiary/aromatic N) is 2. The van der Waals surface area contributed by atoms with Gasteiger partial charge in [0.25, 0.3) is 0 Å². The minimum atomic E-state index is 0.740. The minimum absolute atomic E-state index is 0.740. The first-order valence-electron chi connectivity index (χ1n) is 9.19. The van der Waals surface area contributed by atoms with Gasteiger partial charge >= 0.3 is 0 Å². The summed E-state index contributed by atoms with van der Waals surface area (Å²) in [6.45, 7) is 2.34. The molecule has 0 aliphatic heterocycles. The summed E-state index contributed by atoms with van der Waals surface area (Å²) in [5, 5.41) is 5.16. The van der Waals surface area contributed by atoms with E-state index in [1.54, 1.807) is 43.2 Å². The summed E-state index contributed by atoms with van der Waals surface area (Å²) in [7, 11) is 3.32. The molecule has 0 N–H and O–H groups in total. The number of thiophene rings is 1. The predicted octanol–water partition coefficient (Wildman–Crippen LogP) is 5.68. The molecular formula is C22H22N2O3S2. The van der Waals surface area contributed by atoms with Crippen LogP contribution in [0, 0.1) is 0 Å². The van der Waals surface area contributed by atoms with Crippen molar-refractivity contribution in [2.24, 2.45) is 0 Å². The SMILES string of the molecule is COc1ccc(-c2nc(CN(Cc3ccco3)Cc3cccs3)cs2)c(OC)c1. The highest BCUT2D eigenvalue weighted by Crippen LogP contribution is 2.35. The van der Waals surface area contributed by atoms with E-state index in [-0.39, 0.29) is 0 Å². The molecule has 0 spiro atoms. The number of methoxy groups -OCH3 is 2. The van der Waals surface area contributed by atoms with Gasteiger partial charge in [-0.15, -0.1) is 22.7 Å². The van der Waals surface area contributed by atoms with Crippen LogP contribution in [0.2, 0.25) is 0 Å². The highest BCUT2D eigenvalue weighted by Gasteiger charge is 2.15. The van der Waals surface area contributed by atoms with Crippen molar-refractivity contribution in [3.63, 3.8) is 0 Å². The van der Waals surface area contributed by atoms with E-state index in [2.05, 4.69) is 27.8 Å². The summed E-state index contributed by atoms with van der Waals surface area (Å²) in [5.74, 6) is 2.48. The number of hydrogen-bond acceptors (Lipinski definition) is 7. The average Bonchev–Trinajstić information content (AvgIpc) is 3.51. The molecule has 7 heteroatoms. The van der Waals surface area contributed by atoms with E-state index in [4.69, 9.17) is 18.9 Å². The fraction of sp³-hybridized carbons (Fsp3) is 0.227. The van der Waals surface area contributed by atoms with Crippen LogP contribution in [-0.2, 0) is 19.6 Å². The van der Waals surface area contributed by atoms with Crippen molar-refractivity contribution in [3.8, 4) is 22.1 Å². The first kappa shape index (κ1) is 19.7. The second kappa shape index (κ2) is 9.26. The molecule has 0 aliphatic carbocycles. The van der Waals surface area contributed by atoms with Crippen LogP contribution in [0.15, 0.2) is 63.9 Å². The van der Waals surface area contributed by atoms with E-state index in [1.165, 1.54) is 4.88 Å². The molecule has 0 radical (unpaired) electrons. The Morgan fingerprint density at radius 3 is 2.66 bits per heavy atom. The quantitative estimate of drug-likeness (QED) is 0.344. The van der Waals surface area contributed by atoms with Crippen molar-refractivity contribution in [2.75, 3.05) is 14.2 Å². The maximum atomic E-state index is 5.56. The van der Waals surface area contributed by atoms with Gasteiger partial charge in [0.15, 0.2) is 0 Å². The standard InChI is InChI=1S/C22H22N2O3S2/c1-25-17-7-8-20(21(11-17)26-2)22-23-16(15-29-22)12-24(13-18-5-3-9-27-18)14-19-6-4-10-28-19/h3-11,15H,12-14H2,1-2H3. The lowest BCUT2D eigenvalue weighted by atomic mass is 10.2. The van der Waals surface area contributed by atoms with Crippen LogP contribution in [0.5, 0.6) is 11.5 Å². The van der Waals surface area contributed by atoms with E-state index in [0.29, 0.717) is 0 Å². The molecule has 150 valence electrons. The zero-order valence-corrected chi connectivity index (χ0v) is 18.0. The van der Waals surface area contributed by atoms with Gasteiger partial charge in [-0.05, 0) is 35.7 Å². The van der Waals surface area contributed by atoms with E-state index in [0.717, 1.165) is 53.2 Å². The summed E-state index contributed by atoms with van der Waals surface area (Å²) < 4.78 is 16.4. The number of benzene rings is 1. The van der Waals surface area contributed by atoms with E-state index < -0.39 is 0 Å². The van der Waals surface area contributed by atoms with Crippen LogP contribution in [0.4, 0.5) is 0 Å². The van der Waals surface area contributed by atoms with Crippen LogP contribution < -0.4 is 9.47 Å². The maximum absolute atomic E-state index is 5.56. The van der Waals surface area contributed by atoms with Crippen LogP contribution in [0.3, 0.4) is 0 Å². The first-order chi connectivity index (χ1) is 14.2. The van der Waals surface area contributed by atoms with Gasteiger partial charge in [0.1, 0.15) is 22.3 Å². The third-order valence-corrected chi connectivity index (χ3v) is 6.28. The van der Waals surface area contributed by atoms with Crippen molar-refractivity contribution >= 4 is 22.7 Å². The molecule has 29 heavy (non-hydrogen) atoms. The van der Waals surface area contributed by atoms with Crippen molar-refractivity contribution in [1.29, 1.82) is 0 Å². The van der Waals surface area contributed by atoms with E-state index in [9.17, 15) is 0 Å². The van der Waals surface area contributed by atoms with Crippen molar-refractivity contribution < 1.29 is 13.9 Å². The van der Waals surface area contributed by atoms with Gasteiger partial charge in [-0.1, -0.05) is 6.07 Å². The molecule has 5 nitrogen and oxygen atoms in total. The smallest absolute Gasteiger partial charge is 0.132 e. The zero-order valence-electron chi connectivity index (χ0n) is 16.3. The third-order valence-electron chi connectivity index (χ3n) is 4.50. The van der Waals surface area contributed by atoms with Gasteiger partial charge in [0, 0.05) is 29.4 Å². The molecule has 0 saturated heterocycles. The van der Waals surface area contributed by atoms with Crippen LogP contribution in [-0.4, -0.2) is 24.1 Å². The molecule has 1 aromatic carbocycles. The second-order valence-corrected chi connectivity index (χ2v) is 8.40. The molecule has 0 aliphatic rings. The van der Waals surface area contributed by atoms with Crippen LogP contribution >= 0.6 is 22.7 Å². The number of rotatable bonds is 9. The molecule has 0 amide bonds. The Balaban J connectivity index is 1.54. The van der Waals surface area contributed by atoms with Gasteiger partial charge in [-0.3, -0.25) is 4.90 Å². The number of aromatic nitrogens is 1. The molecule has 0 bridgehead atoms. The topological polar surface area (TPSA) is 47.7 Å². The predicted molar refractivity (Wildman–Crippen MR) is 117 cm³/mol. The summed E-state index contributed by atoms with van der Waals surface area (Å²) >= 11 is 3.39. The Bertz CT molecular complexity index is 990. The lowest BCUT2D eigenvalue weighted by Gasteiger charge is -2.19. The molecule has 4 aromatic rings. The summed E-state index contributed by atoms with van der Waals surface area (Å²) in [6.07, 6.45) is 1.72. The fourth-order valence-corrected chi connectivity index (χ4v) is 4.71. The third kappa shape index (κ3) is 4.87. The molecule has 0 unspecified atom stereocenters. The normalized spacial score (nSPS) is 11.1. The average molecular weight is 427 g/mol. The monoisotopic (exact) mass is 426 g/mol. The number of thiazole rings is 1. The lowest BCUT2D eigenvalue weighted by molar-refractivity contribution is 0.226. The van der Waals surface area contributed by atoms with Gasteiger partial charge in [-0.2, -0.15) is 0 Å². The minimum Gasteiger partial charge on any atom is -0.497 e. The highest BCUT2D eigenvalue weighted by molar-refractivity contribution is 7.13. The largest absolute Gasteiger partial charge is 0.497 e. The Kier molecular flexibility index (Phi) is 6.29. The van der Waals surface area contributed by atoms with Crippen LogP contribution in [0.1, 0.15) is 16.3 Å². The number of furan rings is 1. The second-order valence-electron chi connectivity index (χ2n) is 6.51. The van der Waals surface area contributed by atoms with Gasteiger partial charge < -0.3 is 13.9 Å². The lowest BCUT2D eigenvalue weighted by Crippen LogP contribution is -2.21. The molecule has 0 atom stereocenters. The molecular weight excluding hydrogens is 404 g/mol. The Morgan fingerprint density at radius 1 is 1.00 bits per heavy atom. The maximum Gasteiger partial charge on any atom is 0.132 e. The van der Waals surface area contributed by atoms with Crippen molar-refractivity contribution in [1.82, 2.24) is 9.88 Å². The molecule has 0 fully saturated rings. The summed E-state index contributed by atoms with van der Waals surface area (Å²) in [4.78, 5) is 8.54. The Hall–Kier alpha value is -2.61. The van der Waals surface area contributed by atoms with Gasteiger partial charge in [-0.25, -0.2) is 4.98 Å². The molecule has 3 heterocycles. The van der Waals surface area contributed by atoms with E-state index in [1.807, 2.05) is 30.3 Å². The molecule has 3 aromatic heterocycles. The Labute approximate surface area is 178 Å². The van der Waals surface area contributed by atoms with Gasteiger partial charge in [0.2, 0.25) is 0 Å².